The lowest BCUT2D eigenvalue weighted by Crippen LogP contribution is -2.30. The number of anilines is 2. The highest BCUT2D eigenvalue weighted by Crippen LogP contribution is 2.24. The molecule has 31 heavy (non-hydrogen) atoms. The molecule has 0 saturated heterocycles. The summed E-state index contributed by atoms with van der Waals surface area (Å²) in [6.07, 6.45) is -0.754. The molecular formula is C23H23ClN2O4S. The Balaban J connectivity index is 1.66. The molecule has 6 nitrogen and oxygen atoms in total. The first-order valence-electron chi connectivity index (χ1n) is 9.58. The zero-order valence-electron chi connectivity index (χ0n) is 17.3. The van der Waals surface area contributed by atoms with E-state index in [9.17, 15) is 13.2 Å². The van der Waals surface area contributed by atoms with E-state index in [-0.39, 0.29) is 10.8 Å². The van der Waals surface area contributed by atoms with Gasteiger partial charge < -0.3 is 10.1 Å². The summed E-state index contributed by atoms with van der Waals surface area (Å²) in [5.74, 6) is 0.158. The third-order valence-electron chi connectivity index (χ3n) is 4.65. The van der Waals surface area contributed by atoms with Crippen LogP contribution in [0.15, 0.2) is 71.6 Å². The summed E-state index contributed by atoms with van der Waals surface area (Å²) in [4.78, 5) is 12.5. The second kappa shape index (κ2) is 9.41. The number of aryl methyl sites for hydroxylation is 2. The van der Waals surface area contributed by atoms with Gasteiger partial charge in [-0.2, -0.15) is 0 Å². The van der Waals surface area contributed by atoms with Gasteiger partial charge in [-0.3, -0.25) is 9.52 Å². The van der Waals surface area contributed by atoms with E-state index in [4.69, 9.17) is 16.3 Å². The fourth-order valence-corrected chi connectivity index (χ4v) is 4.23. The summed E-state index contributed by atoms with van der Waals surface area (Å²) in [6, 6.07) is 18.2. The molecule has 0 aliphatic carbocycles. The van der Waals surface area contributed by atoms with Crippen LogP contribution in [0.5, 0.6) is 5.75 Å². The van der Waals surface area contributed by atoms with Crippen LogP contribution in [0.25, 0.3) is 0 Å². The number of ether oxygens (including phenoxy) is 1. The lowest BCUT2D eigenvalue weighted by atomic mass is 10.1. The van der Waals surface area contributed by atoms with Gasteiger partial charge in [0.1, 0.15) is 5.75 Å². The minimum atomic E-state index is -3.76. The third-order valence-corrected chi connectivity index (χ3v) is 6.26. The average molecular weight is 459 g/mol. The standard InChI is InChI=1S/C23H23ClN2O4S/c1-15-5-4-6-16(2)22(15)26-31(28,29)21-13-9-19(10-14-21)25-23(27)17(3)30-20-11-7-18(24)8-12-20/h4-14,17,26H,1-3H3,(H,25,27)/t17-/m1/s1. The molecule has 3 aromatic carbocycles. The van der Waals surface area contributed by atoms with Gasteiger partial charge >= 0.3 is 0 Å². The number of hydrogen-bond donors (Lipinski definition) is 2. The van der Waals surface area contributed by atoms with Crippen LogP contribution in [0, 0.1) is 13.8 Å². The summed E-state index contributed by atoms with van der Waals surface area (Å²) < 4.78 is 33.7. The normalized spacial score (nSPS) is 12.1. The molecule has 0 bridgehead atoms. The first-order valence-corrected chi connectivity index (χ1v) is 11.4. The molecule has 0 fully saturated rings. The molecule has 1 amide bonds. The Hall–Kier alpha value is -3.03. The SMILES string of the molecule is Cc1cccc(C)c1NS(=O)(=O)c1ccc(NC(=O)[C@@H](C)Oc2ccc(Cl)cc2)cc1. The van der Waals surface area contributed by atoms with Crippen LogP contribution in [0.2, 0.25) is 5.02 Å². The minimum Gasteiger partial charge on any atom is -0.481 e. The molecule has 0 saturated carbocycles. The number of sulfonamides is 1. The van der Waals surface area contributed by atoms with Gasteiger partial charge in [0.25, 0.3) is 15.9 Å². The van der Waals surface area contributed by atoms with Gasteiger partial charge in [-0.25, -0.2) is 8.42 Å². The molecule has 2 N–H and O–H groups in total. The van der Waals surface area contributed by atoms with Crippen LogP contribution in [0.3, 0.4) is 0 Å². The average Bonchev–Trinajstić information content (AvgIpc) is 2.73. The predicted molar refractivity (Wildman–Crippen MR) is 123 cm³/mol. The van der Waals surface area contributed by atoms with Crippen molar-refractivity contribution in [1.29, 1.82) is 0 Å². The van der Waals surface area contributed by atoms with E-state index in [0.29, 0.717) is 22.1 Å². The molecule has 3 aromatic rings. The molecular weight excluding hydrogens is 436 g/mol. The molecule has 0 unspecified atom stereocenters. The Morgan fingerprint density at radius 2 is 1.52 bits per heavy atom. The van der Waals surface area contributed by atoms with Gasteiger partial charge in [0.15, 0.2) is 6.10 Å². The fraction of sp³-hybridized carbons (Fsp3) is 0.174. The van der Waals surface area contributed by atoms with E-state index in [0.717, 1.165) is 11.1 Å². The molecule has 0 aliphatic heterocycles. The van der Waals surface area contributed by atoms with E-state index >= 15 is 0 Å². The van der Waals surface area contributed by atoms with Crippen LogP contribution in [0.4, 0.5) is 11.4 Å². The van der Waals surface area contributed by atoms with Gasteiger partial charge in [0.05, 0.1) is 10.6 Å². The lowest BCUT2D eigenvalue weighted by molar-refractivity contribution is -0.122. The van der Waals surface area contributed by atoms with Crippen LogP contribution in [0.1, 0.15) is 18.1 Å². The van der Waals surface area contributed by atoms with Gasteiger partial charge in [-0.05, 0) is 80.4 Å². The second-order valence-electron chi connectivity index (χ2n) is 7.10. The smallest absolute Gasteiger partial charge is 0.265 e. The summed E-state index contributed by atoms with van der Waals surface area (Å²) in [5, 5.41) is 3.29. The summed E-state index contributed by atoms with van der Waals surface area (Å²) >= 11 is 5.84. The van der Waals surface area contributed by atoms with Crippen molar-refractivity contribution in [3.8, 4) is 5.75 Å². The summed E-state index contributed by atoms with van der Waals surface area (Å²) in [6.45, 7) is 5.31. The largest absolute Gasteiger partial charge is 0.481 e. The van der Waals surface area contributed by atoms with Gasteiger partial charge in [0.2, 0.25) is 0 Å². The number of rotatable bonds is 7. The molecule has 1 atom stereocenters. The van der Waals surface area contributed by atoms with E-state index < -0.39 is 16.1 Å². The predicted octanol–water partition coefficient (Wildman–Crippen LogP) is 5.16. The van der Waals surface area contributed by atoms with Crippen molar-refractivity contribution in [3.63, 3.8) is 0 Å². The maximum Gasteiger partial charge on any atom is 0.265 e. The van der Waals surface area contributed by atoms with Crippen molar-refractivity contribution in [3.05, 3.63) is 82.9 Å². The molecule has 3 rings (SSSR count). The van der Waals surface area contributed by atoms with Crippen LogP contribution < -0.4 is 14.8 Å². The first kappa shape index (κ1) is 22.7. The molecule has 0 spiro atoms. The van der Waals surface area contributed by atoms with Crippen molar-refractivity contribution >= 4 is 38.9 Å². The summed E-state index contributed by atoms with van der Waals surface area (Å²) in [5.41, 5.74) is 2.69. The van der Waals surface area contributed by atoms with Crippen molar-refractivity contribution < 1.29 is 17.9 Å². The van der Waals surface area contributed by atoms with E-state index in [1.807, 2.05) is 32.0 Å². The van der Waals surface area contributed by atoms with E-state index in [1.54, 1.807) is 31.2 Å². The molecule has 0 heterocycles. The number of para-hydroxylation sites is 1. The maximum atomic E-state index is 12.7. The Bertz CT molecular complexity index is 1160. The fourth-order valence-electron chi connectivity index (χ4n) is 2.90. The van der Waals surface area contributed by atoms with Gasteiger partial charge in [0, 0.05) is 10.7 Å². The Kier molecular flexibility index (Phi) is 6.87. The monoisotopic (exact) mass is 458 g/mol. The van der Waals surface area contributed by atoms with Gasteiger partial charge in [-0.1, -0.05) is 29.8 Å². The molecule has 8 heteroatoms. The zero-order valence-corrected chi connectivity index (χ0v) is 18.9. The highest BCUT2D eigenvalue weighted by atomic mass is 35.5. The van der Waals surface area contributed by atoms with Gasteiger partial charge in [-0.15, -0.1) is 0 Å². The highest BCUT2D eigenvalue weighted by Gasteiger charge is 2.18. The Morgan fingerprint density at radius 3 is 2.10 bits per heavy atom. The highest BCUT2D eigenvalue weighted by molar-refractivity contribution is 7.92. The van der Waals surface area contributed by atoms with Crippen molar-refractivity contribution in [2.75, 3.05) is 10.0 Å². The quantitative estimate of drug-likeness (QED) is 0.512. The molecule has 0 radical (unpaired) electrons. The number of hydrogen-bond acceptors (Lipinski definition) is 4. The molecule has 0 aromatic heterocycles. The number of halogens is 1. The minimum absolute atomic E-state index is 0.0959. The van der Waals surface area contributed by atoms with Crippen LogP contribution in [-0.4, -0.2) is 20.4 Å². The van der Waals surface area contributed by atoms with Crippen molar-refractivity contribution in [1.82, 2.24) is 0 Å². The first-order chi connectivity index (χ1) is 14.7. The summed E-state index contributed by atoms with van der Waals surface area (Å²) in [7, 11) is -3.76. The van der Waals surface area contributed by atoms with Crippen LogP contribution >= 0.6 is 11.6 Å². The maximum absolute atomic E-state index is 12.7. The third kappa shape index (κ3) is 5.77. The number of benzene rings is 3. The second-order valence-corrected chi connectivity index (χ2v) is 9.22. The Morgan fingerprint density at radius 1 is 0.935 bits per heavy atom. The number of carbonyl (C=O) groups excluding carboxylic acids is 1. The number of amides is 1. The molecule has 162 valence electrons. The lowest BCUT2D eigenvalue weighted by Gasteiger charge is -2.15. The Labute approximate surface area is 187 Å². The van der Waals surface area contributed by atoms with Crippen LogP contribution in [-0.2, 0) is 14.8 Å². The van der Waals surface area contributed by atoms with E-state index in [1.165, 1.54) is 24.3 Å². The number of carbonyl (C=O) groups is 1. The van der Waals surface area contributed by atoms with Crippen molar-refractivity contribution in [2.24, 2.45) is 0 Å². The van der Waals surface area contributed by atoms with Crippen molar-refractivity contribution in [2.45, 2.75) is 31.8 Å². The van der Waals surface area contributed by atoms with E-state index in [2.05, 4.69) is 10.0 Å². The number of nitrogens with one attached hydrogen (secondary N) is 2. The zero-order chi connectivity index (χ0) is 22.6. The topological polar surface area (TPSA) is 84.5 Å². The molecule has 0 aliphatic rings.